The van der Waals surface area contributed by atoms with Crippen LogP contribution in [0.3, 0.4) is 0 Å². The van der Waals surface area contributed by atoms with Crippen LogP contribution in [-0.4, -0.2) is 49.0 Å². The zero-order chi connectivity index (χ0) is 25.0. The molecule has 6 heteroatoms. The first-order valence-electron chi connectivity index (χ1n) is 12.2. The summed E-state index contributed by atoms with van der Waals surface area (Å²) >= 11 is 0. The lowest BCUT2D eigenvalue weighted by Gasteiger charge is -2.44. The van der Waals surface area contributed by atoms with Gasteiger partial charge in [0.2, 0.25) is 0 Å². The smallest absolute Gasteiger partial charge is 0.187 e. The molecule has 36 heavy (non-hydrogen) atoms. The summed E-state index contributed by atoms with van der Waals surface area (Å²) in [7, 11) is 0. The molecule has 3 aromatic carbocycles. The minimum absolute atomic E-state index is 0.236. The molecule has 1 aliphatic rings. The summed E-state index contributed by atoms with van der Waals surface area (Å²) in [6.07, 6.45) is -2.12. The Hall–Kier alpha value is -2.84. The van der Waals surface area contributed by atoms with Gasteiger partial charge in [0, 0.05) is 0 Å². The van der Waals surface area contributed by atoms with Gasteiger partial charge >= 0.3 is 0 Å². The zero-order valence-corrected chi connectivity index (χ0v) is 20.4. The van der Waals surface area contributed by atoms with Crippen molar-refractivity contribution in [1.29, 1.82) is 0 Å². The number of ether oxygens (including phenoxy) is 5. The van der Waals surface area contributed by atoms with E-state index in [0.717, 1.165) is 16.7 Å². The normalized spacial score (nSPS) is 23.9. The van der Waals surface area contributed by atoms with Crippen LogP contribution in [0.25, 0.3) is 0 Å². The topological polar surface area (TPSA) is 66.4 Å². The van der Waals surface area contributed by atoms with Crippen molar-refractivity contribution in [2.24, 2.45) is 0 Å². The Labute approximate surface area is 213 Å². The van der Waals surface area contributed by atoms with E-state index in [-0.39, 0.29) is 13.2 Å². The highest BCUT2D eigenvalue weighted by Crippen LogP contribution is 2.29. The van der Waals surface area contributed by atoms with Crippen molar-refractivity contribution in [2.45, 2.75) is 50.5 Å². The Morgan fingerprint density at radius 2 is 1.19 bits per heavy atom. The van der Waals surface area contributed by atoms with Crippen molar-refractivity contribution in [3.05, 3.63) is 120 Å². The average Bonchev–Trinajstić information content (AvgIpc) is 2.93. The van der Waals surface area contributed by atoms with E-state index in [4.69, 9.17) is 23.7 Å². The fourth-order valence-electron chi connectivity index (χ4n) is 4.12. The van der Waals surface area contributed by atoms with Crippen LogP contribution >= 0.6 is 0 Å². The van der Waals surface area contributed by atoms with Gasteiger partial charge in [0.25, 0.3) is 0 Å². The summed E-state index contributed by atoms with van der Waals surface area (Å²) in [5, 5.41) is 11.2. The summed E-state index contributed by atoms with van der Waals surface area (Å²) in [4.78, 5) is 0. The number of aliphatic hydroxyl groups is 1. The highest BCUT2D eigenvalue weighted by atomic mass is 16.7. The Kier molecular flexibility index (Phi) is 10.2. The largest absolute Gasteiger partial charge is 0.385 e. The maximum absolute atomic E-state index is 11.2. The van der Waals surface area contributed by atoms with Crippen molar-refractivity contribution >= 4 is 0 Å². The van der Waals surface area contributed by atoms with Gasteiger partial charge < -0.3 is 28.8 Å². The molecule has 5 atom stereocenters. The Morgan fingerprint density at radius 1 is 0.694 bits per heavy atom. The van der Waals surface area contributed by atoms with E-state index >= 15 is 0 Å². The standard InChI is InChI=1S/C30H34O6/c1-2-18-33-30-27(31)29(35-21-25-16-10-5-11-17-25)28(34-20-24-14-8-4-9-15-24)26(36-30)22-32-19-23-12-6-3-7-13-23/h2-17,26-31H,1,18-22H2/t26-,27-,28-,29-,30-/m1/s1. The lowest BCUT2D eigenvalue weighted by Crippen LogP contribution is -2.61. The van der Waals surface area contributed by atoms with Gasteiger partial charge in [-0.2, -0.15) is 0 Å². The second-order valence-corrected chi connectivity index (χ2v) is 8.68. The summed E-state index contributed by atoms with van der Waals surface area (Å²) in [5.41, 5.74) is 3.08. The summed E-state index contributed by atoms with van der Waals surface area (Å²) < 4.78 is 30.6. The van der Waals surface area contributed by atoms with Crippen LogP contribution in [-0.2, 0) is 43.5 Å². The molecule has 6 nitrogen and oxygen atoms in total. The third-order valence-electron chi connectivity index (χ3n) is 5.96. The van der Waals surface area contributed by atoms with E-state index in [1.54, 1.807) is 6.08 Å². The minimum atomic E-state index is -1.06. The molecule has 0 aliphatic carbocycles. The maximum Gasteiger partial charge on any atom is 0.187 e. The molecule has 0 bridgehead atoms. The molecule has 0 aromatic heterocycles. The summed E-state index contributed by atoms with van der Waals surface area (Å²) in [6.45, 7) is 5.29. The molecule has 0 unspecified atom stereocenters. The van der Waals surface area contributed by atoms with Gasteiger partial charge in [-0.15, -0.1) is 6.58 Å². The lowest BCUT2D eigenvalue weighted by atomic mass is 9.98. The molecule has 0 amide bonds. The van der Waals surface area contributed by atoms with Crippen molar-refractivity contribution < 1.29 is 28.8 Å². The SMILES string of the molecule is C=CCO[C@@H]1O[C@H](COCc2ccccc2)[C@@H](OCc2ccccc2)[C@H](OCc2ccccc2)[C@H]1O. The first-order valence-corrected chi connectivity index (χ1v) is 12.2. The van der Waals surface area contributed by atoms with E-state index in [0.29, 0.717) is 19.8 Å². The van der Waals surface area contributed by atoms with Gasteiger partial charge in [0.15, 0.2) is 6.29 Å². The number of rotatable bonds is 13. The molecule has 1 heterocycles. The number of aliphatic hydroxyl groups excluding tert-OH is 1. The van der Waals surface area contributed by atoms with Crippen LogP contribution in [0.1, 0.15) is 16.7 Å². The van der Waals surface area contributed by atoms with Gasteiger partial charge in [-0.25, -0.2) is 0 Å². The van der Waals surface area contributed by atoms with E-state index < -0.39 is 30.7 Å². The number of hydrogen-bond acceptors (Lipinski definition) is 6. The predicted molar refractivity (Wildman–Crippen MR) is 137 cm³/mol. The molecule has 4 rings (SSSR count). The second-order valence-electron chi connectivity index (χ2n) is 8.68. The Morgan fingerprint density at radius 3 is 1.72 bits per heavy atom. The summed E-state index contributed by atoms with van der Waals surface area (Å²) in [6, 6.07) is 29.7. The molecule has 0 saturated carbocycles. The monoisotopic (exact) mass is 490 g/mol. The molecule has 1 aliphatic heterocycles. The third kappa shape index (κ3) is 7.58. The van der Waals surface area contributed by atoms with Gasteiger partial charge in [0.1, 0.15) is 24.4 Å². The second kappa shape index (κ2) is 14.0. The third-order valence-corrected chi connectivity index (χ3v) is 5.96. The van der Waals surface area contributed by atoms with E-state index in [2.05, 4.69) is 6.58 Å². The Bertz CT molecular complexity index is 1010. The Balaban J connectivity index is 1.51. The highest BCUT2D eigenvalue weighted by Gasteiger charge is 2.47. The van der Waals surface area contributed by atoms with Gasteiger partial charge in [-0.05, 0) is 16.7 Å². The van der Waals surface area contributed by atoms with Crippen molar-refractivity contribution in [2.75, 3.05) is 13.2 Å². The first-order chi connectivity index (χ1) is 17.7. The molecule has 1 N–H and O–H groups in total. The van der Waals surface area contributed by atoms with Crippen LogP contribution < -0.4 is 0 Å². The number of hydrogen-bond donors (Lipinski definition) is 1. The van der Waals surface area contributed by atoms with Crippen molar-refractivity contribution in [1.82, 2.24) is 0 Å². The molecular weight excluding hydrogens is 456 g/mol. The fraction of sp³-hybridized carbons (Fsp3) is 0.333. The molecule has 0 radical (unpaired) electrons. The molecule has 3 aromatic rings. The van der Waals surface area contributed by atoms with Crippen LogP contribution in [0.2, 0.25) is 0 Å². The van der Waals surface area contributed by atoms with Gasteiger partial charge in [-0.3, -0.25) is 0 Å². The lowest BCUT2D eigenvalue weighted by molar-refractivity contribution is -0.316. The zero-order valence-electron chi connectivity index (χ0n) is 20.4. The fourth-order valence-corrected chi connectivity index (χ4v) is 4.12. The summed E-state index contributed by atoms with van der Waals surface area (Å²) in [5.74, 6) is 0. The molecule has 1 saturated heterocycles. The quantitative estimate of drug-likeness (QED) is 0.352. The van der Waals surface area contributed by atoms with Crippen LogP contribution in [0.4, 0.5) is 0 Å². The average molecular weight is 491 g/mol. The molecule has 190 valence electrons. The molecule has 0 spiro atoms. The molecular formula is C30H34O6. The van der Waals surface area contributed by atoms with Gasteiger partial charge in [-0.1, -0.05) is 97.1 Å². The van der Waals surface area contributed by atoms with E-state index in [9.17, 15) is 5.11 Å². The first kappa shape index (κ1) is 26.2. The minimum Gasteiger partial charge on any atom is -0.385 e. The maximum atomic E-state index is 11.2. The predicted octanol–water partition coefficient (Wildman–Crippen LogP) is 4.66. The van der Waals surface area contributed by atoms with Crippen LogP contribution in [0, 0.1) is 0 Å². The highest BCUT2D eigenvalue weighted by molar-refractivity contribution is 5.15. The molecule has 1 fully saturated rings. The van der Waals surface area contributed by atoms with Crippen molar-refractivity contribution in [3.63, 3.8) is 0 Å². The van der Waals surface area contributed by atoms with E-state index in [1.165, 1.54) is 0 Å². The van der Waals surface area contributed by atoms with Gasteiger partial charge in [0.05, 0.1) is 33.0 Å². The van der Waals surface area contributed by atoms with Crippen molar-refractivity contribution in [3.8, 4) is 0 Å². The number of benzene rings is 3. The van der Waals surface area contributed by atoms with Crippen LogP contribution in [0.15, 0.2) is 104 Å². The van der Waals surface area contributed by atoms with E-state index in [1.807, 2.05) is 91.0 Å². The van der Waals surface area contributed by atoms with Crippen LogP contribution in [0.5, 0.6) is 0 Å².